The van der Waals surface area contributed by atoms with Crippen LogP contribution >= 0.6 is 23.1 Å². The number of ether oxygens (including phenoxy) is 1. The minimum absolute atomic E-state index is 0.190. The van der Waals surface area contributed by atoms with Crippen molar-refractivity contribution in [2.45, 2.75) is 13.3 Å². The Morgan fingerprint density at radius 3 is 2.85 bits per heavy atom. The Hall–Kier alpha value is -2.31. The van der Waals surface area contributed by atoms with E-state index < -0.39 is 0 Å². The first-order chi connectivity index (χ1) is 13.2. The van der Waals surface area contributed by atoms with Crippen LogP contribution in [-0.4, -0.2) is 29.6 Å². The van der Waals surface area contributed by atoms with E-state index in [1.54, 1.807) is 11.3 Å². The van der Waals surface area contributed by atoms with Gasteiger partial charge in [-0.2, -0.15) is 0 Å². The quantitative estimate of drug-likeness (QED) is 0.384. The lowest BCUT2D eigenvalue weighted by molar-refractivity contribution is -0.137. The minimum Gasteiger partial charge on any atom is -0.468 e. The van der Waals surface area contributed by atoms with Crippen LogP contribution < -0.4 is 0 Å². The average molecular weight is 400 g/mol. The number of carbonyl (C=O) groups is 1. The largest absolute Gasteiger partial charge is 0.468 e. The number of methoxy groups -OCH3 is 1. The summed E-state index contributed by atoms with van der Waals surface area (Å²) in [6.07, 6.45) is 4.92. The van der Waals surface area contributed by atoms with Crippen LogP contribution in [0.5, 0.6) is 0 Å². The zero-order valence-corrected chi connectivity index (χ0v) is 16.9. The summed E-state index contributed by atoms with van der Waals surface area (Å²) in [7, 11) is 1.41. The van der Waals surface area contributed by atoms with E-state index in [1.165, 1.54) is 28.6 Å². The Kier molecular flexibility index (Phi) is 6.90. The molecule has 2 heterocycles. The molecule has 140 valence electrons. The van der Waals surface area contributed by atoms with Gasteiger partial charge in [-0.05, 0) is 37.3 Å². The van der Waals surface area contributed by atoms with Crippen molar-refractivity contribution in [1.29, 1.82) is 0 Å². The SMILES string of the molecule is COC(=O)CSCC=Cc1ccc(Cc2nc(-c3ccccc3)oc2C)s1. The number of hydrogen-bond donors (Lipinski definition) is 0. The van der Waals surface area contributed by atoms with E-state index >= 15 is 0 Å². The van der Waals surface area contributed by atoms with Crippen LogP contribution in [0.15, 0.2) is 53.0 Å². The number of aryl methyl sites for hydroxylation is 1. The molecule has 6 heteroatoms. The lowest BCUT2D eigenvalue weighted by atomic mass is 10.2. The second-order valence-electron chi connectivity index (χ2n) is 5.86. The molecule has 0 bridgehead atoms. The molecule has 0 atom stereocenters. The molecule has 0 radical (unpaired) electrons. The summed E-state index contributed by atoms with van der Waals surface area (Å²) in [6.45, 7) is 1.96. The van der Waals surface area contributed by atoms with Gasteiger partial charge in [-0.15, -0.1) is 23.1 Å². The van der Waals surface area contributed by atoms with Crippen molar-refractivity contribution in [2.24, 2.45) is 0 Å². The van der Waals surface area contributed by atoms with Crippen molar-refractivity contribution < 1.29 is 13.9 Å². The summed E-state index contributed by atoms with van der Waals surface area (Å²) in [6, 6.07) is 14.2. The first-order valence-electron chi connectivity index (χ1n) is 8.57. The van der Waals surface area contributed by atoms with E-state index in [1.807, 2.05) is 37.3 Å². The molecular weight excluding hydrogens is 378 g/mol. The van der Waals surface area contributed by atoms with Gasteiger partial charge in [-0.3, -0.25) is 4.79 Å². The second-order valence-corrected chi connectivity index (χ2v) is 8.09. The van der Waals surface area contributed by atoms with E-state index in [9.17, 15) is 4.79 Å². The summed E-state index contributed by atoms with van der Waals surface area (Å²) in [5, 5.41) is 0. The molecule has 0 aliphatic heterocycles. The molecule has 0 saturated carbocycles. The molecule has 0 spiro atoms. The van der Waals surface area contributed by atoms with E-state index in [0.29, 0.717) is 11.6 Å². The van der Waals surface area contributed by atoms with Crippen molar-refractivity contribution in [3.63, 3.8) is 0 Å². The summed E-state index contributed by atoms with van der Waals surface area (Å²) in [4.78, 5) is 18.2. The highest BCUT2D eigenvalue weighted by molar-refractivity contribution is 8.00. The summed E-state index contributed by atoms with van der Waals surface area (Å²) < 4.78 is 10.5. The van der Waals surface area contributed by atoms with Crippen molar-refractivity contribution in [3.05, 3.63) is 69.7 Å². The predicted octanol–water partition coefficient (Wildman–Crippen LogP) is 5.22. The zero-order chi connectivity index (χ0) is 19.1. The molecule has 0 amide bonds. The van der Waals surface area contributed by atoms with Crippen LogP contribution in [-0.2, 0) is 16.0 Å². The lowest BCUT2D eigenvalue weighted by Crippen LogP contribution is -2.03. The number of oxazole rings is 1. The molecule has 4 nitrogen and oxygen atoms in total. The fourth-order valence-electron chi connectivity index (χ4n) is 2.47. The van der Waals surface area contributed by atoms with Gasteiger partial charge in [0.2, 0.25) is 5.89 Å². The molecule has 0 unspecified atom stereocenters. The van der Waals surface area contributed by atoms with Crippen LogP contribution in [0.2, 0.25) is 0 Å². The van der Waals surface area contributed by atoms with Crippen LogP contribution in [0.3, 0.4) is 0 Å². The van der Waals surface area contributed by atoms with E-state index in [4.69, 9.17) is 4.42 Å². The van der Waals surface area contributed by atoms with Crippen LogP contribution in [0, 0.1) is 6.92 Å². The highest BCUT2D eigenvalue weighted by atomic mass is 32.2. The maximum Gasteiger partial charge on any atom is 0.315 e. The molecule has 3 rings (SSSR count). The third kappa shape index (κ3) is 5.58. The number of thioether (sulfide) groups is 1. The number of carbonyl (C=O) groups excluding carboxylic acids is 1. The standard InChI is InChI=1S/C21H21NO3S2/c1-15-19(22-21(25-15)16-7-4-3-5-8-16)13-18-11-10-17(27-18)9-6-12-26-14-20(23)24-2/h3-11H,12-14H2,1-2H3. The first kappa shape index (κ1) is 19.5. The first-order valence-corrected chi connectivity index (χ1v) is 10.5. The molecule has 0 aliphatic rings. The summed E-state index contributed by atoms with van der Waals surface area (Å²) in [5.41, 5.74) is 1.96. The van der Waals surface area contributed by atoms with Crippen molar-refractivity contribution in [3.8, 4) is 11.5 Å². The molecule has 0 aliphatic carbocycles. The molecule has 0 saturated heterocycles. The Balaban J connectivity index is 1.58. The van der Waals surface area contributed by atoms with Gasteiger partial charge >= 0.3 is 5.97 Å². The molecule has 0 N–H and O–H groups in total. The predicted molar refractivity (Wildman–Crippen MR) is 112 cm³/mol. The van der Waals surface area contributed by atoms with Crippen molar-refractivity contribution in [1.82, 2.24) is 4.98 Å². The van der Waals surface area contributed by atoms with E-state index in [-0.39, 0.29) is 5.97 Å². The maximum absolute atomic E-state index is 11.1. The van der Waals surface area contributed by atoms with Gasteiger partial charge < -0.3 is 9.15 Å². The Labute approximate surface area is 167 Å². The van der Waals surface area contributed by atoms with Gasteiger partial charge in [-0.25, -0.2) is 4.98 Å². The highest BCUT2D eigenvalue weighted by Gasteiger charge is 2.12. The monoisotopic (exact) mass is 399 g/mol. The normalized spacial score (nSPS) is 11.2. The van der Waals surface area contributed by atoms with Gasteiger partial charge in [0.15, 0.2) is 0 Å². The number of aromatic nitrogens is 1. The molecule has 0 fully saturated rings. The highest BCUT2D eigenvalue weighted by Crippen LogP contribution is 2.26. The van der Waals surface area contributed by atoms with Crippen LogP contribution in [0.1, 0.15) is 21.2 Å². The van der Waals surface area contributed by atoms with Gasteiger partial charge in [0.25, 0.3) is 0 Å². The molecule has 1 aromatic carbocycles. The number of esters is 1. The van der Waals surface area contributed by atoms with E-state index in [0.717, 1.165) is 29.2 Å². The smallest absolute Gasteiger partial charge is 0.315 e. The number of nitrogens with zero attached hydrogens (tertiary/aromatic N) is 1. The summed E-state index contributed by atoms with van der Waals surface area (Å²) >= 11 is 3.28. The van der Waals surface area contributed by atoms with Gasteiger partial charge in [0.05, 0.1) is 18.6 Å². The Morgan fingerprint density at radius 1 is 1.26 bits per heavy atom. The van der Waals surface area contributed by atoms with E-state index in [2.05, 4.69) is 34.0 Å². The fraction of sp³-hybridized carbons (Fsp3) is 0.238. The Morgan fingerprint density at radius 2 is 2.07 bits per heavy atom. The number of hydrogen-bond acceptors (Lipinski definition) is 6. The Bertz CT molecular complexity index is 913. The van der Waals surface area contributed by atoms with Gasteiger partial charge in [-0.1, -0.05) is 24.3 Å². The lowest BCUT2D eigenvalue weighted by Gasteiger charge is -1.95. The number of thiophene rings is 1. The van der Waals surface area contributed by atoms with Crippen LogP contribution in [0.4, 0.5) is 0 Å². The topological polar surface area (TPSA) is 52.3 Å². The molecule has 3 aromatic rings. The molecule has 27 heavy (non-hydrogen) atoms. The third-order valence-electron chi connectivity index (χ3n) is 3.88. The fourth-order valence-corrected chi connectivity index (χ4v) is 4.06. The minimum atomic E-state index is -0.190. The average Bonchev–Trinajstić information content (AvgIpc) is 3.29. The maximum atomic E-state index is 11.1. The second kappa shape index (κ2) is 9.58. The van der Waals surface area contributed by atoms with Crippen molar-refractivity contribution in [2.75, 3.05) is 18.6 Å². The molecular formula is C21H21NO3S2. The zero-order valence-electron chi connectivity index (χ0n) is 15.3. The van der Waals surface area contributed by atoms with Gasteiger partial charge in [0.1, 0.15) is 5.76 Å². The number of rotatable bonds is 8. The van der Waals surface area contributed by atoms with Crippen molar-refractivity contribution >= 4 is 35.1 Å². The van der Waals surface area contributed by atoms with Crippen LogP contribution in [0.25, 0.3) is 17.5 Å². The summed E-state index contributed by atoms with van der Waals surface area (Å²) in [5.74, 6) is 2.50. The van der Waals surface area contributed by atoms with Gasteiger partial charge in [0, 0.05) is 27.5 Å². The molecule has 2 aromatic heterocycles. The third-order valence-corrected chi connectivity index (χ3v) is 5.80. The number of benzene rings is 1.